The maximum atomic E-state index is 12.6. The van der Waals surface area contributed by atoms with Crippen molar-refractivity contribution in [1.29, 1.82) is 0 Å². The number of hydrogen-bond acceptors (Lipinski definition) is 4. The van der Waals surface area contributed by atoms with Crippen molar-refractivity contribution in [3.8, 4) is 0 Å². The largest absolute Gasteiger partial charge is 0.444 e. The molecule has 0 aromatic heterocycles. The monoisotopic (exact) mass is 360 g/mol. The van der Waals surface area contributed by atoms with Gasteiger partial charge in [-0.3, -0.25) is 0 Å². The zero-order chi connectivity index (χ0) is 18.7. The van der Waals surface area contributed by atoms with Crippen molar-refractivity contribution in [2.45, 2.75) is 38.7 Å². The first-order valence-electron chi connectivity index (χ1n) is 8.05. The number of halogens is 3. The molecule has 0 radical (unpaired) electrons. The van der Waals surface area contributed by atoms with Crippen LogP contribution in [0.4, 0.5) is 23.7 Å². The minimum absolute atomic E-state index is 0.261. The van der Waals surface area contributed by atoms with Crippen molar-refractivity contribution in [3.05, 3.63) is 29.8 Å². The predicted molar refractivity (Wildman–Crippen MR) is 87.6 cm³/mol. The molecular weight excluding hydrogens is 337 g/mol. The van der Waals surface area contributed by atoms with Gasteiger partial charge in [0.25, 0.3) is 0 Å². The van der Waals surface area contributed by atoms with Gasteiger partial charge in [0, 0.05) is 25.3 Å². The fourth-order valence-electron chi connectivity index (χ4n) is 2.45. The Balaban J connectivity index is 1.89. The summed E-state index contributed by atoms with van der Waals surface area (Å²) in [7, 11) is 0. The number of carbonyl (C=O) groups excluding carboxylic acids is 1. The summed E-state index contributed by atoms with van der Waals surface area (Å²) in [5.41, 5.74) is -0.560. The quantitative estimate of drug-likeness (QED) is 0.897. The van der Waals surface area contributed by atoms with E-state index in [1.807, 2.05) is 4.90 Å². The molecule has 1 aliphatic heterocycles. The number of benzene rings is 1. The SMILES string of the molecule is CC(C)(C)OC(=O)NCC1CN(c2ccc(C(F)(F)F)cc2)CCO1. The third-order valence-corrected chi connectivity index (χ3v) is 3.57. The van der Waals surface area contributed by atoms with Crippen LogP contribution in [0.15, 0.2) is 24.3 Å². The number of nitrogens with one attached hydrogen (secondary N) is 1. The van der Waals surface area contributed by atoms with E-state index in [0.29, 0.717) is 25.4 Å². The second-order valence-electron chi connectivity index (χ2n) is 6.87. The van der Waals surface area contributed by atoms with Crippen molar-refractivity contribution < 1.29 is 27.4 Å². The maximum Gasteiger partial charge on any atom is 0.416 e. The number of carbonyl (C=O) groups is 1. The first-order chi connectivity index (χ1) is 11.5. The Morgan fingerprint density at radius 3 is 2.48 bits per heavy atom. The lowest BCUT2D eigenvalue weighted by Gasteiger charge is -2.34. The molecule has 2 rings (SSSR count). The lowest BCUT2D eigenvalue weighted by Crippen LogP contribution is -2.48. The van der Waals surface area contributed by atoms with Crippen molar-refractivity contribution in [3.63, 3.8) is 0 Å². The highest BCUT2D eigenvalue weighted by atomic mass is 19.4. The molecule has 1 aliphatic rings. The normalized spacial score (nSPS) is 18.8. The molecule has 1 amide bonds. The van der Waals surface area contributed by atoms with Gasteiger partial charge in [0.2, 0.25) is 0 Å². The lowest BCUT2D eigenvalue weighted by atomic mass is 10.1. The Bertz CT molecular complexity index is 582. The number of amides is 1. The molecule has 1 saturated heterocycles. The molecule has 1 fully saturated rings. The van der Waals surface area contributed by atoms with Crippen LogP contribution in [-0.4, -0.2) is 44.0 Å². The number of hydrogen-bond donors (Lipinski definition) is 1. The highest BCUT2D eigenvalue weighted by Crippen LogP contribution is 2.30. The van der Waals surface area contributed by atoms with Crippen LogP contribution in [0.2, 0.25) is 0 Å². The molecule has 0 bridgehead atoms. The van der Waals surface area contributed by atoms with Gasteiger partial charge >= 0.3 is 12.3 Å². The van der Waals surface area contributed by atoms with Gasteiger partial charge in [-0.05, 0) is 45.0 Å². The topological polar surface area (TPSA) is 50.8 Å². The summed E-state index contributed by atoms with van der Waals surface area (Å²) < 4.78 is 48.7. The first kappa shape index (κ1) is 19.4. The standard InChI is InChI=1S/C17H23F3N2O3/c1-16(2,3)25-15(23)21-10-14-11-22(8-9-24-14)13-6-4-12(5-7-13)17(18,19)20/h4-7,14H,8-11H2,1-3H3,(H,21,23). The molecule has 0 saturated carbocycles. The summed E-state index contributed by atoms with van der Waals surface area (Å²) in [5.74, 6) is 0. The zero-order valence-corrected chi connectivity index (χ0v) is 14.5. The Morgan fingerprint density at radius 1 is 1.28 bits per heavy atom. The summed E-state index contributed by atoms with van der Waals surface area (Å²) in [6.45, 7) is 7.07. The van der Waals surface area contributed by atoms with Crippen LogP contribution in [0.5, 0.6) is 0 Å². The number of anilines is 1. The van der Waals surface area contributed by atoms with Crippen LogP contribution in [0.3, 0.4) is 0 Å². The Hall–Kier alpha value is -1.96. The highest BCUT2D eigenvalue weighted by Gasteiger charge is 2.30. The van der Waals surface area contributed by atoms with Gasteiger partial charge in [-0.2, -0.15) is 13.2 Å². The number of morpholine rings is 1. The van der Waals surface area contributed by atoms with E-state index in [1.165, 1.54) is 12.1 Å². The smallest absolute Gasteiger partial charge is 0.416 e. The fourth-order valence-corrected chi connectivity index (χ4v) is 2.45. The molecule has 1 N–H and O–H groups in total. The Kier molecular flexibility index (Phi) is 5.82. The average molecular weight is 360 g/mol. The van der Waals surface area contributed by atoms with E-state index in [-0.39, 0.29) is 12.6 Å². The summed E-state index contributed by atoms with van der Waals surface area (Å²) in [5, 5.41) is 2.65. The van der Waals surface area contributed by atoms with E-state index < -0.39 is 23.4 Å². The zero-order valence-electron chi connectivity index (χ0n) is 14.5. The molecule has 1 atom stereocenters. The van der Waals surface area contributed by atoms with Crippen molar-refractivity contribution in [2.24, 2.45) is 0 Å². The minimum atomic E-state index is -4.34. The van der Waals surface area contributed by atoms with Crippen LogP contribution in [0, 0.1) is 0 Å². The van der Waals surface area contributed by atoms with E-state index in [0.717, 1.165) is 12.1 Å². The van der Waals surface area contributed by atoms with E-state index >= 15 is 0 Å². The predicted octanol–water partition coefficient (Wildman–Crippen LogP) is 3.44. The van der Waals surface area contributed by atoms with E-state index in [1.54, 1.807) is 20.8 Å². The van der Waals surface area contributed by atoms with Crippen molar-refractivity contribution >= 4 is 11.8 Å². The van der Waals surface area contributed by atoms with E-state index in [2.05, 4.69) is 5.32 Å². The molecule has 8 heteroatoms. The summed E-state index contributed by atoms with van der Waals surface area (Å²) in [6, 6.07) is 5.04. The van der Waals surface area contributed by atoms with Gasteiger partial charge in [-0.1, -0.05) is 0 Å². The highest BCUT2D eigenvalue weighted by molar-refractivity contribution is 5.67. The number of alkyl halides is 3. The van der Waals surface area contributed by atoms with E-state index in [4.69, 9.17) is 9.47 Å². The van der Waals surface area contributed by atoms with Gasteiger partial charge in [-0.15, -0.1) is 0 Å². The molecule has 1 unspecified atom stereocenters. The number of alkyl carbamates (subject to hydrolysis) is 1. The summed E-state index contributed by atoms with van der Waals surface area (Å²) >= 11 is 0. The van der Waals surface area contributed by atoms with Gasteiger partial charge in [0.15, 0.2) is 0 Å². The lowest BCUT2D eigenvalue weighted by molar-refractivity contribution is -0.137. The number of ether oxygens (including phenoxy) is 2. The third-order valence-electron chi connectivity index (χ3n) is 3.57. The first-order valence-corrected chi connectivity index (χ1v) is 8.05. The molecule has 1 heterocycles. The van der Waals surface area contributed by atoms with Crippen LogP contribution in [0.1, 0.15) is 26.3 Å². The molecule has 1 aromatic carbocycles. The van der Waals surface area contributed by atoms with Crippen LogP contribution >= 0.6 is 0 Å². The maximum absolute atomic E-state index is 12.6. The molecule has 5 nitrogen and oxygen atoms in total. The van der Waals surface area contributed by atoms with E-state index in [9.17, 15) is 18.0 Å². The fraction of sp³-hybridized carbons (Fsp3) is 0.588. The molecule has 0 aliphatic carbocycles. The average Bonchev–Trinajstić information content (AvgIpc) is 2.51. The minimum Gasteiger partial charge on any atom is -0.444 e. The van der Waals surface area contributed by atoms with Crippen LogP contribution in [0.25, 0.3) is 0 Å². The van der Waals surface area contributed by atoms with Crippen LogP contribution < -0.4 is 10.2 Å². The molecule has 25 heavy (non-hydrogen) atoms. The second kappa shape index (κ2) is 7.51. The molecule has 140 valence electrons. The summed E-state index contributed by atoms with van der Waals surface area (Å²) in [6.07, 6.45) is -5.13. The van der Waals surface area contributed by atoms with Crippen molar-refractivity contribution in [1.82, 2.24) is 5.32 Å². The third kappa shape index (κ3) is 6.12. The number of rotatable bonds is 3. The Labute approximate surface area is 145 Å². The molecular formula is C17H23F3N2O3. The molecule has 1 aromatic rings. The second-order valence-corrected chi connectivity index (χ2v) is 6.87. The summed E-state index contributed by atoms with van der Waals surface area (Å²) in [4.78, 5) is 13.6. The number of nitrogens with zero attached hydrogens (tertiary/aromatic N) is 1. The van der Waals surface area contributed by atoms with Gasteiger partial charge in [0.1, 0.15) is 5.60 Å². The van der Waals surface area contributed by atoms with Gasteiger partial charge < -0.3 is 19.7 Å². The van der Waals surface area contributed by atoms with Gasteiger partial charge in [-0.25, -0.2) is 4.79 Å². The Morgan fingerprint density at radius 2 is 1.92 bits per heavy atom. The molecule has 0 spiro atoms. The van der Waals surface area contributed by atoms with Crippen LogP contribution in [-0.2, 0) is 15.7 Å². The van der Waals surface area contributed by atoms with Crippen molar-refractivity contribution in [2.75, 3.05) is 31.1 Å². The van der Waals surface area contributed by atoms with Gasteiger partial charge in [0.05, 0.1) is 18.3 Å².